The van der Waals surface area contributed by atoms with E-state index < -0.39 is 5.60 Å². The average molecular weight is 210 g/mol. The zero-order valence-corrected chi connectivity index (χ0v) is 9.44. The van der Waals surface area contributed by atoms with Gasteiger partial charge in [0.25, 0.3) is 0 Å². The molecule has 0 aliphatic carbocycles. The van der Waals surface area contributed by atoms with E-state index >= 15 is 0 Å². The molecule has 0 fully saturated rings. The summed E-state index contributed by atoms with van der Waals surface area (Å²) in [5, 5.41) is 18.8. The van der Waals surface area contributed by atoms with Crippen molar-refractivity contribution >= 4 is 5.82 Å². The summed E-state index contributed by atoms with van der Waals surface area (Å²) in [6.07, 6.45) is 1.68. The summed E-state index contributed by atoms with van der Waals surface area (Å²) in [6, 6.07) is 3.61. The maximum Gasteiger partial charge on any atom is 0.133 e. The summed E-state index contributed by atoms with van der Waals surface area (Å²) < 4.78 is 0. The molecule has 0 amide bonds. The fourth-order valence-corrected chi connectivity index (χ4v) is 1.55. The Hall–Kier alpha value is -1.13. The normalized spacial score (nSPS) is 11.5. The number of aliphatic hydroxyl groups excluding tert-OH is 1. The molecule has 0 saturated heterocycles. The quantitative estimate of drug-likeness (QED) is 0.771. The molecule has 0 radical (unpaired) electrons. The summed E-state index contributed by atoms with van der Waals surface area (Å²) in [7, 11) is 1.85. The molecule has 1 rings (SSSR count). The fourth-order valence-electron chi connectivity index (χ4n) is 1.55. The van der Waals surface area contributed by atoms with E-state index in [1.807, 2.05) is 18.0 Å². The lowest BCUT2D eigenvalue weighted by Crippen LogP contribution is -2.37. The van der Waals surface area contributed by atoms with Crippen LogP contribution in [0.3, 0.4) is 0 Å². The first-order valence-electron chi connectivity index (χ1n) is 4.92. The zero-order chi connectivity index (χ0) is 11.5. The van der Waals surface area contributed by atoms with E-state index in [9.17, 15) is 5.11 Å². The number of hydrogen-bond donors (Lipinski definition) is 2. The Labute approximate surface area is 90.2 Å². The van der Waals surface area contributed by atoms with Gasteiger partial charge in [0.05, 0.1) is 12.2 Å². The number of nitrogens with zero attached hydrogens (tertiary/aromatic N) is 2. The third kappa shape index (κ3) is 3.49. The fraction of sp³-hybridized carbons (Fsp3) is 0.545. The Kier molecular flexibility index (Phi) is 3.66. The SMILES string of the molecule is CN(CC(C)(C)O)c1ncccc1CO. The standard InChI is InChI=1S/C11H18N2O2/c1-11(2,15)8-13(3)10-9(7-14)5-4-6-12-10/h4-6,14-15H,7-8H2,1-3H3. The summed E-state index contributed by atoms with van der Waals surface area (Å²) in [4.78, 5) is 6.03. The third-order valence-electron chi connectivity index (χ3n) is 2.02. The van der Waals surface area contributed by atoms with E-state index in [4.69, 9.17) is 5.11 Å². The molecule has 15 heavy (non-hydrogen) atoms. The van der Waals surface area contributed by atoms with Gasteiger partial charge >= 0.3 is 0 Å². The third-order valence-corrected chi connectivity index (χ3v) is 2.02. The number of rotatable bonds is 4. The highest BCUT2D eigenvalue weighted by molar-refractivity contribution is 5.45. The number of hydrogen-bond acceptors (Lipinski definition) is 4. The van der Waals surface area contributed by atoms with Crippen LogP contribution in [0, 0.1) is 0 Å². The lowest BCUT2D eigenvalue weighted by Gasteiger charge is -2.27. The Bertz CT molecular complexity index is 321. The molecular formula is C11H18N2O2. The average Bonchev–Trinajstić information content (AvgIpc) is 2.15. The Morgan fingerprint density at radius 2 is 2.13 bits per heavy atom. The van der Waals surface area contributed by atoms with Crippen molar-refractivity contribution in [1.82, 2.24) is 4.98 Å². The molecule has 0 aromatic carbocycles. The van der Waals surface area contributed by atoms with Crippen LogP contribution in [0.1, 0.15) is 19.4 Å². The molecule has 4 heteroatoms. The van der Waals surface area contributed by atoms with Crippen molar-refractivity contribution in [2.75, 3.05) is 18.5 Å². The lowest BCUT2D eigenvalue weighted by molar-refractivity contribution is 0.0883. The molecule has 0 unspecified atom stereocenters. The monoisotopic (exact) mass is 210 g/mol. The largest absolute Gasteiger partial charge is 0.392 e. The molecule has 4 nitrogen and oxygen atoms in total. The second-order valence-electron chi connectivity index (χ2n) is 4.31. The first kappa shape index (κ1) is 11.9. The first-order valence-corrected chi connectivity index (χ1v) is 4.92. The van der Waals surface area contributed by atoms with Gasteiger partial charge in [-0.2, -0.15) is 0 Å². The van der Waals surface area contributed by atoms with Gasteiger partial charge < -0.3 is 15.1 Å². The molecular weight excluding hydrogens is 192 g/mol. The van der Waals surface area contributed by atoms with Crippen molar-refractivity contribution in [3.63, 3.8) is 0 Å². The van der Waals surface area contributed by atoms with Crippen LogP contribution in [0.15, 0.2) is 18.3 Å². The molecule has 0 atom stereocenters. The number of aromatic nitrogens is 1. The minimum atomic E-state index is -0.779. The van der Waals surface area contributed by atoms with Crippen LogP contribution in [0.2, 0.25) is 0 Å². The second kappa shape index (κ2) is 4.59. The van der Waals surface area contributed by atoms with Crippen molar-refractivity contribution in [2.24, 2.45) is 0 Å². The summed E-state index contributed by atoms with van der Waals surface area (Å²) >= 11 is 0. The minimum Gasteiger partial charge on any atom is -0.392 e. The molecule has 0 aliphatic rings. The molecule has 0 aliphatic heterocycles. The van der Waals surface area contributed by atoms with Crippen molar-refractivity contribution in [3.8, 4) is 0 Å². The van der Waals surface area contributed by atoms with Gasteiger partial charge in [0.1, 0.15) is 5.82 Å². The van der Waals surface area contributed by atoms with Gasteiger partial charge in [-0.15, -0.1) is 0 Å². The van der Waals surface area contributed by atoms with Gasteiger partial charge in [-0.25, -0.2) is 4.98 Å². The highest BCUT2D eigenvalue weighted by Crippen LogP contribution is 2.17. The molecule has 0 bridgehead atoms. The smallest absolute Gasteiger partial charge is 0.133 e. The molecule has 2 N–H and O–H groups in total. The van der Waals surface area contributed by atoms with Crippen molar-refractivity contribution in [2.45, 2.75) is 26.1 Å². The van der Waals surface area contributed by atoms with Gasteiger partial charge in [-0.3, -0.25) is 0 Å². The summed E-state index contributed by atoms with van der Waals surface area (Å²) in [5.41, 5.74) is -0.0109. The van der Waals surface area contributed by atoms with Crippen molar-refractivity contribution < 1.29 is 10.2 Å². The van der Waals surface area contributed by atoms with E-state index in [1.165, 1.54) is 0 Å². The van der Waals surface area contributed by atoms with Crippen LogP contribution in [0.25, 0.3) is 0 Å². The van der Waals surface area contributed by atoms with Gasteiger partial charge in [-0.1, -0.05) is 6.07 Å². The molecule has 1 heterocycles. The maximum atomic E-state index is 9.68. The van der Waals surface area contributed by atoms with Gasteiger partial charge in [0.15, 0.2) is 0 Å². The van der Waals surface area contributed by atoms with Crippen LogP contribution in [-0.4, -0.2) is 34.4 Å². The zero-order valence-electron chi connectivity index (χ0n) is 9.44. The second-order valence-corrected chi connectivity index (χ2v) is 4.31. The van der Waals surface area contributed by atoms with Crippen LogP contribution in [0.4, 0.5) is 5.82 Å². The molecule has 0 saturated carbocycles. The number of likely N-dealkylation sites (N-methyl/N-ethyl adjacent to an activating group) is 1. The Balaban J connectivity index is 2.86. The molecule has 1 aromatic rings. The number of pyridine rings is 1. The van der Waals surface area contributed by atoms with Crippen LogP contribution < -0.4 is 4.90 Å². The van der Waals surface area contributed by atoms with Gasteiger partial charge in [0, 0.05) is 25.4 Å². The minimum absolute atomic E-state index is 0.0423. The number of aliphatic hydroxyl groups is 2. The van der Waals surface area contributed by atoms with E-state index in [0.717, 1.165) is 5.56 Å². The topological polar surface area (TPSA) is 56.6 Å². The predicted octanol–water partition coefficient (Wildman–Crippen LogP) is 0.781. The lowest BCUT2D eigenvalue weighted by atomic mass is 10.1. The Morgan fingerprint density at radius 3 is 2.67 bits per heavy atom. The van der Waals surface area contributed by atoms with Crippen molar-refractivity contribution in [3.05, 3.63) is 23.9 Å². The van der Waals surface area contributed by atoms with E-state index in [2.05, 4.69) is 4.98 Å². The molecule has 0 spiro atoms. The van der Waals surface area contributed by atoms with Crippen molar-refractivity contribution in [1.29, 1.82) is 0 Å². The highest BCUT2D eigenvalue weighted by atomic mass is 16.3. The van der Waals surface area contributed by atoms with E-state index in [1.54, 1.807) is 26.1 Å². The van der Waals surface area contributed by atoms with Crippen LogP contribution >= 0.6 is 0 Å². The van der Waals surface area contributed by atoms with E-state index in [-0.39, 0.29) is 6.61 Å². The number of anilines is 1. The van der Waals surface area contributed by atoms with Crippen LogP contribution in [0.5, 0.6) is 0 Å². The maximum absolute atomic E-state index is 9.68. The Morgan fingerprint density at radius 1 is 1.47 bits per heavy atom. The molecule has 1 aromatic heterocycles. The van der Waals surface area contributed by atoms with E-state index in [0.29, 0.717) is 12.4 Å². The molecule has 84 valence electrons. The summed E-state index contributed by atoms with van der Waals surface area (Å²) in [5.74, 6) is 0.710. The predicted molar refractivity (Wildman–Crippen MR) is 59.7 cm³/mol. The summed E-state index contributed by atoms with van der Waals surface area (Å²) in [6.45, 7) is 3.91. The van der Waals surface area contributed by atoms with Gasteiger partial charge in [-0.05, 0) is 19.9 Å². The van der Waals surface area contributed by atoms with Gasteiger partial charge in [0.2, 0.25) is 0 Å². The van der Waals surface area contributed by atoms with Crippen LogP contribution in [-0.2, 0) is 6.61 Å². The highest BCUT2D eigenvalue weighted by Gasteiger charge is 2.18. The first-order chi connectivity index (χ1) is 6.94.